The molecule has 0 spiro atoms. The number of aromatic nitrogens is 1. The van der Waals surface area contributed by atoms with Crippen molar-refractivity contribution in [3.05, 3.63) is 52.6 Å². The van der Waals surface area contributed by atoms with Crippen molar-refractivity contribution < 1.29 is 53.4 Å². The van der Waals surface area contributed by atoms with E-state index in [0.717, 1.165) is 12.3 Å². The van der Waals surface area contributed by atoms with Gasteiger partial charge in [0, 0.05) is 11.8 Å². The molecule has 1 aromatic carbocycles. The fraction of sp³-hybridized carbons (Fsp3) is 0.333. The van der Waals surface area contributed by atoms with Gasteiger partial charge in [0.05, 0.1) is 18.0 Å². The average Bonchev–Trinajstić information content (AvgIpc) is 2.68. The van der Waals surface area contributed by atoms with Crippen LogP contribution in [0.3, 0.4) is 0 Å². The Labute approximate surface area is 183 Å². The van der Waals surface area contributed by atoms with E-state index in [9.17, 15) is 48.7 Å². The lowest BCUT2D eigenvalue weighted by atomic mass is 9.96. The summed E-state index contributed by atoms with van der Waals surface area (Å²) >= 11 is 5.68. The summed E-state index contributed by atoms with van der Waals surface area (Å²) in [5, 5.41) is 2.01. The number of nitrogens with one attached hydrogen (secondary N) is 1. The predicted molar refractivity (Wildman–Crippen MR) is 94.7 cm³/mol. The number of anilines is 2. The second kappa shape index (κ2) is 8.88. The second-order valence-electron chi connectivity index (χ2n) is 6.31. The largest absolute Gasteiger partial charge is 0.462 e. The van der Waals surface area contributed by atoms with E-state index in [0.29, 0.717) is 6.07 Å². The molecule has 0 bridgehead atoms. The van der Waals surface area contributed by atoms with E-state index in [2.05, 4.69) is 10.3 Å². The number of carbonyl (C=O) groups is 1. The Hall–Kier alpha value is -2.77. The first-order valence-corrected chi connectivity index (χ1v) is 8.95. The van der Waals surface area contributed by atoms with Gasteiger partial charge >= 0.3 is 29.9 Å². The lowest BCUT2D eigenvalue weighted by Gasteiger charge is -2.33. The van der Waals surface area contributed by atoms with Crippen molar-refractivity contribution in [1.29, 1.82) is 0 Å². The molecule has 2 aromatic rings. The molecule has 33 heavy (non-hydrogen) atoms. The van der Waals surface area contributed by atoms with Crippen LogP contribution in [0, 0.1) is 5.82 Å². The standard InChI is InChI=1S/C18H11ClF10N2O2/c1-2-33-14(32)9-7-30-13(19)6-12(9)31-11-4-3-8(5-10(11)20)15(21,22)16(23,24)17(25,26)18(27,28)29/h3-7H,2H2,1H3,(H,30,31). The third-order valence-electron chi connectivity index (χ3n) is 4.11. The molecule has 0 aliphatic carbocycles. The molecule has 4 nitrogen and oxygen atoms in total. The third-order valence-corrected chi connectivity index (χ3v) is 4.32. The number of carbonyl (C=O) groups excluding carboxylic acids is 1. The summed E-state index contributed by atoms with van der Waals surface area (Å²) in [5.74, 6) is -22.9. The van der Waals surface area contributed by atoms with Crippen molar-refractivity contribution in [2.24, 2.45) is 0 Å². The normalized spacial score (nSPS) is 13.1. The fourth-order valence-corrected chi connectivity index (χ4v) is 2.58. The molecular weight excluding hydrogens is 502 g/mol. The number of halogens is 11. The van der Waals surface area contributed by atoms with Crippen LogP contribution < -0.4 is 5.32 Å². The van der Waals surface area contributed by atoms with E-state index < -0.39 is 47.0 Å². The molecule has 0 amide bonds. The first-order chi connectivity index (χ1) is 15.0. The maximum atomic E-state index is 14.4. The Morgan fingerprint density at radius 1 is 1.00 bits per heavy atom. The van der Waals surface area contributed by atoms with Gasteiger partial charge in [-0.1, -0.05) is 17.7 Å². The van der Waals surface area contributed by atoms with Crippen LogP contribution in [0.4, 0.5) is 55.3 Å². The van der Waals surface area contributed by atoms with Gasteiger partial charge in [-0.15, -0.1) is 0 Å². The minimum Gasteiger partial charge on any atom is -0.462 e. The molecule has 182 valence electrons. The lowest BCUT2D eigenvalue weighted by Crippen LogP contribution is -2.59. The van der Waals surface area contributed by atoms with Gasteiger partial charge in [0.15, 0.2) is 0 Å². The fourth-order valence-electron chi connectivity index (χ4n) is 2.42. The number of esters is 1. The van der Waals surface area contributed by atoms with Crippen molar-refractivity contribution >= 4 is 28.9 Å². The van der Waals surface area contributed by atoms with Crippen molar-refractivity contribution in [3.8, 4) is 0 Å². The van der Waals surface area contributed by atoms with E-state index in [1.807, 2.05) is 0 Å². The molecule has 0 aliphatic rings. The number of ether oxygens (including phenoxy) is 1. The highest BCUT2D eigenvalue weighted by Crippen LogP contribution is 2.56. The quantitative estimate of drug-likeness (QED) is 0.254. The van der Waals surface area contributed by atoms with Gasteiger partial charge < -0.3 is 10.1 Å². The molecule has 1 heterocycles. The number of hydrogen-bond donors (Lipinski definition) is 1. The Bertz CT molecular complexity index is 1040. The molecule has 2 rings (SSSR count). The molecule has 15 heteroatoms. The molecule has 1 N–H and O–H groups in total. The van der Waals surface area contributed by atoms with Crippen molar-refractivity contribution in [2.75, 3.05) is 11.9 Å². The number of hydrogen-bond acceptors (Lipinski definition) is 4. The van der Waals surface area contributed by atoms with Gasteiger partial charge in [-0.25, -0.2) is 14.2 Å². The second-order valence-corrected chi connectivity index (χ2v) is 6.70. The van der Waals surface area contributed by atoms with E-state index in [-0.39, 0.29) is 35.1 Å². The Balaban J connectivity index is 2.46. The number of pyridine rings is 1. The number of alkyl halides is 9. The monoisotopic (exact) mass is 512 g/mol. The summed E-state index contributed by atoms with van der Waals surface area (Å²) in [6, 6.07) is 1.02. The minimum absolute atomic E-state index is 0.0125. The molecule has 1 aromatic heterocycles. The van der Waals surface area contributed by atoms with Crippen molar-refractivity contribution in [3.63, 3.8) is 0 Å². The number of nitrogens with zero attached hydrogens (tertiary/aromatic N) is 1. The maximum absolute atomic E-state index is 14.4. The van der Waals surface area contributed by atoms with Gasteiger partial charge in [0.25, 0.3) is 0 Å². The van der Waals surface area contributed by atoms with Crippen LogP contribution in [0.1, 0.15) is 22.8 Å². The topological polar surface area (TPSA) is 51.2 Å². The summed E-state index contributed by atoms with van der Waals surface area (Å²) in [6.45, 7) is 1.39. The van der Waals surface area contributed by atoms with Gasteiger partial charge in [0.2, 0.25) is 0 Å². The van der Waals surface area contributed by atoms with E-state index in [1.165, 1.54) is 6.92 Å². The molecule has 0 atom stereocenters. The third kappa shape index (κ3) is 4.80. The highest BCUT2D eigenvalue weighted by Gasteiger charge is 2.82. The van der Waals surface area contributed by atoms with Gasteiger partial charge in [-0.2, -0.15) is 39.5 Å². The summed E-state index contributed by atoms with van der Waals surface area (Å²) in [6.07, 6.45) is -6.09. The molecule has 0 aliphatic heterocycles. The molecule has 0 unspecified atom stereocenters. The van der Waals surface area contributed by atoms with Crippen molar-refractivity contribution in [1.82, 2.24) is 4.98 Å². The molecular formula is C18H11ClF10N2O2. The van der Waals surface area contributed by atoms with Gasteiger partial charge in [-0.3, -0.25) is 0 Å². The first-order valence-electron chi connectivity index (χ1n) is 8.57. The summed E-state index contributed by atoms with van der Waals surface area (Å²) < 4.78 is 137. The Morgan fingerprint density at radius 3 is 2.12 bits per heavy atom. The molecule has 0 saturated carbocycles. The average molecular weight is 513 g/mol. The number of benzene rings is 1. The highest BCUT2D eigenvalue weighted by molar-refractivity contribution is 6.29. The van der Waals surface area contributed by atoms with Crippen molar-refractivity contribution in [2.45, 2.75) is 30.9 Å². The summed E-state index contributed by atoms with van der Waals surface area (Å²) in [5.41, 5.74) is -3.46. The minimum atomic E-state index is -7.13. The Morgan fingerprint density at radius 2 is 1.61 bits per heavy atom. The predicted octanol–water partition coefficient (Wildman–Crippen LogP) is 6.72. The van der Waals surface area contributed by atoms with Crippen LogP contribution in [0.2, 0.25) is 5.15 Å². The molecule has 0 radical (unpaired) electrons. The zero-order chi connectivity index (χ0) is 25.4. The van der Waals surface area contributed by atoms with Gasteiger partial charge in [0.1, 0.15) is 16.5 Å². The SMILES string of the molecule is CCOC(=O)c1cnc(Cl)cc1Nc1ccc(C(F)(F)C(F)(F)C(F)(F)C(F)(F)F)cc1F. The van der Waals surface area contributed by atoms with Crippen LogP contribution >= 0.6 is 11.6 Å². The first kappa shape index (κ1) is 26.5. The Kier molecular flexibility index (Phi) is 7.12. The van der Waals surface area contributed by atoms with Crippen LogP contribution in [0.5, 0.6) is 0 Å². The summed E-state index contributed by atoms with van der Waals surface area (Å²) in [4.78, 5) is 15.5. The number of rotatable bonds is 7. The maximum Gasteiger partial charge on any atom is 0.460 e. The molecule has 0 fully saturated rings. The van der Waals surface area contributed by atoms with E-state index in [1.54, 1.807) is 0 Å². The zero-order valence-corrected chi connectivity index (χ0v) is 16.8. The zero-order valence-electron chi connectivity index (χ0n) is 16.0. The van der Waals surface area contributed by atoms with Gasteiger partial charge in [-0.05, 0) is 25.1 Å². The highest BCUT2D eigenvalue weighted by atomic mass is 35.5. The smallest absolute Gasteiger partial charge is 0.460 e. The van der Waals surface area contributed by atoms with E-state index >= 15 is 0 Å². The summed E-state index contributed by atoms with van der Waals surface area (Å²) in [7, 11) is 0. The van der Waals surface area contributed by atoms with Crippen LogP contribution in [0.25, 0.3) is 0 Å². The van der Waals surface area contributed by atoms with E-state index in [4.69, 9.17) is 16.3 Å². The van der Waals surface area contributed by atoms with Crippen LogP contribution in [0.15, 0.2) is 30.5 Å². The lowest BCUT2D eigenvalue weighted by molar-refractivity contribution is -0.399. The molecule has 0 saturated heterocycles. The van der Waals surface area contributed by atoms with Crippen LogP contribution in [-0.4, -0.2) is 35.6 Å². The van der Waals surface area contributed by atoms with Crippen LogP contribution in [-0.2, 0) is 10.7 Å².